The third-order valence-electron chi connectivity index (χ3n) is 3.87. The highest BCUT2D eigenvalue weighted by molar-refractivity contribution is 9.09. The van der Waals surface area contributed by atoms with Crippen molar-refractivity contribution in [1.29, 1.82) is 0 Å². The summed E-state index contributed by atoms with van der Waals surface area (Å²) in [6.45, 7) is 3.02. The van der Waals surface area contributed by atoms with Gasteiger partial charge in [-0.05, 0) is 38.2 Å². The van der Waals surface area contributed by atoms with Crippen LogP contribution in [0.4, 0.5) is 0 Å². The Labute approximate surface area is 124 Å². The summed E-state index contributed by atoms with van der Waals surface area (Å²) < 4.78 is 0. The Hall–Kier alpha value is -0.830. The molecule has 1 aromatic carbocycles. The Bertz CT molecular complexity index is 415. The van der Waals surface area contributed by atoms with Crippen molar-refractivity contribution in [2.45, 2.75) is 45.1 Å². The van der Waals surface area contributed by atoms with E-state index in [0.29, 0.717) is 18.4 Å². The fraction of sp³-hybridized carbons (Fsp3) is 0.562. The average Bonchev–Trinajstić information content (AvgIpc) is 2.46. The van der Waals surface area contributed by atoms with Crippen molar-refractivity contribution >= 4 is 21.8 Å². The van der Waals surface area contributed by atoms with Gasteiger partial charge in [-0.25, -0.2) is 0 Å². The SMILES string of the molecule is Cc1ccc(CCC(=O)N2CCCCC2CBr)cc1. The second-order valence-electron chi connectivity index (χ2n) is 5.38. The Morgan fingerprint density at radius 1 is 1.32 bits per heavy atom. The summed E-state index contributed by atoms with van der Waals surface area (Å²) in [4.78, 5) is 14.4. The summed E-state index contributed by atoms with van der Waals surface area (Å²) in [5.41, 5.74) is 2.52. The molecule has 1 amide bonds. The van der Waals surface area contributed by atoms with E-state index in [0.717, 1.165) is 31.1 Å². The molecule has 1 unspecified atom stereocenters. The third-order valence-corrected chi connectivity index (χ3v) is 4.62. The van der Waals surface area contributed by atoms with Crippen LogP contribution in [-0.2, 0) is 11.2 Å². The highest BCUT2D eigenvalue weighted by atomic mass is 79.9. The number of likely N-dealkylation sites (tertiary alicyclic amines) is 1. The first-order valence-corrected chi connectivity index (χ1v) is 8.24. The van der Waals surface area contributed by atoms with Gasteiger partial charge >= 0.3 is 0 Å². The van der Waals surface area contributed by atoms with E-state index < -0.39 is 0 Å². The lowest BCUT2D eigenvalue weighted by Crippen LogP contribution is -2.44. The lowest BCUT2D eigenvalue weighted by atomic mass is 10.0. The summed E-state index contributed by atoms with van der Waals surface area (Å²) in [6.07, 6.45) is 5.02. The molecule has 1 aliphatic rings. The fourth-order valence-corrected chi connectivity index (χ4v) is 3.31. The number of rotatable bonds is 4. The van der Waals surface area contributed by atoms with E-state index in [1.54, 1.807) is 0 Å². The molecule has 1 atom stereocenters. The standard InChI is InChI=1S/C16H22BrNO/c1-13-5-7-14(8-6-13)9-10-16(19)18-11-3-2-4-15(18)12-17/h5-8,15H,2-4,9-12H2,1H3. The van der Waals surface area contributed by atoms with Gasteiger partial charge < -0.3 is 4.90 Å². The predicted octanol–water partition coefficient (Wildman–Crippen LogP) is 3.70. The molecule has 0 saturated carbocycles. The van der Waals surface area contributed by atoms with Gasteiger partial charge in [0.1, 0.15) is 0 Å². The van der Waals surface area contributed by atoms with Crippen LogP contribution in [0.25, 0.3) is 0 Å². The summed E-state index contributed by atoms with van der Waals surface area (Å²) in [5, 5.41) is 0.906. The molecule has 0 radical (unpaired) electrons. The molecule has 2 rings (SSSR count). The van der Waals surface area contributed by atoms with Crippen molar-refractivity contribution in [3.63, 3.8) is 0 Å². The number of benzene rings is 1. The maximum atomic E-state index is 12.3. The number of halogens is 1. The number of carbonyl (C=O) groups excluding carboxylic acids is 1. The smallest absolute Gasteiger partial charge is 0.223 e. The molecule has 0 N–H and O–H groups in total. The zero-order chi connectivity index (χ0) is 13.7. The molecule has 2 nitrogen and oxygen atoms in total. The zero-order valence-electron chi connectivity index (χ0n) is 11.6. The highest BCUT2D eigenvalue weighted by Crippen LogP contribution is 2.20. The van der Waals surface area contributed by atoms with Gasteiger partial charge in [0.2, 0.25) is 5.91 Å². The molecule has 1 aromatic rings. The molecule has 1 saturated heterocycles. The number of carbonyl (C=O) groups is 1. The second kappa shape index (κ2) is 7.09. The molecule has 1 fully saturated rings. The predicted molar refractivity (Wildman–Crippen MR) is 82.6 cm³/mol. The minimum atomic E-state index is 0.310. The maximum Gasteiger partial charge on any atom is 0.223 e. The van der Waals surface area contributed by atoms with Gasteiger partial charge in [-0.3, -0.25) is 4.79 Å². The summed E-state index contributed by atoms with van der Waals surface area (Å²) in [5.74, 6) is 0.310. The topological polar surface area (TPSA) is 20.3 Å². The lowest BCUT2D eigenvalue weighted by Gasteiger charge is -2.34. The van der Waals surface area contributed by atoms with Gasteiger partial charge in [0, 0.05) is 24.3 Å². The first-order chi connectivity index (χ1) is 9.20. The molecule has 0 spiro atoms. The summed E-state index contributed by atoms with van der Waals surface area (Å²) in [6, 6.07) is 8.88. The van der Waals surface area contributed by atoms with Crippen molar-refractivity contribution in [3.05, 3.63) is 35.4 Å². The van der Waals surface area contributed by atoms with Crippen LogP contribution >= 0.6 is 15.9 Å². The van der Waals surface area contributed by atoms with Crippen LogP contribution in [0, 0.1) is 6.92 Å². The molecule has 1 aliphatic heterocycles. The largest absolute Gasteiger partial charge is 0.339 e. The van der Waals surface area contributed by atoms with E-state index in [1.165, 1.54) is 17.5 Å². The molecule has 19 heavy (non-hydrogen) atoms. The van der Waals surface area contributed by atoms with E-state index in [1.807, 2.05) is 0 Å². The Morgan fingerprint density at radius 3 is 2.74 bits per heavy atom. The van der Waals surface area contributed by atoms with Gasteiger partial charge in [0.05, 0.1) is 0 Å². The van der Waals surface area contributed by atoms with Crippen LogP contribution in [0.2, 0.25) is 0 Å². The minimum absolute atomic E-state index is 0.310. The van der Waals surface area contributed by atoms with Gasteiger partial charge in [-0.1, -0.05) is 45.8 Å². The number of piperidine rings is 1. The van der Waals surface area contributed by atoms with E-state index in [2.05, 4.69) is 52.0 Å². The molecule has 1 heterocycles. The van der Waals surface area contributed by atoms with Crippen LogP contribution in [-0.4, -0.2) is 28.7 Å². The maximum absolute atomic E-state index is 12.3. The number of alkyl halides is 1. The average molecular weight is 324 g/mol. The number of hydrogen-bond donors (Lipinski definition) is 0. The Kier molecular flexibility index (Phi) is 5.44. The Morgan fingerprint density at radius 2 is 2.05 bits per heavy atom. The number of nitrogens with zero attached hydrogens (tertiary/aromatic N) is 1. The van der Waals surface area contributed by atoms with Gasteiger partial charge in [-0.15, -0.1) is 0 Å². The van der Waals surface area contributed by atoms with E-state index in [4.69, 9.17) is 0 Å². The van der Waals surface area contributed by atoms with Crippen molar-refractivity contribution in [2.75, 3.05) is 11.9 Å². The summed E-state index contributed by atoms with van der Waals surface area (Å²) >= 11 is 3.53. The van der Waals surface area contributed by atoms with Gasteiger partial charge in [0.25, 0.3) is 0 Å². The van der Waals surface area contributed by atoms with E-state index >= 15 is 0 Å². The molecular formula is C16H22BrNO. The van der Waals surface area contributed by atoms with Gasteiger partial charge in [-0.2, -0.15) is 0 Å². The quantitative estimate of drug-likeness (QED) is 0.773. The van der Waals surface area contributed by atoms with Crippen LogP contribution in [0.15, 0.2) is 24.3 Å². The van der Waals surface area contributed by atoms with Crippen LogP contribution in [0.1, 0.15) is 36.8 Å². The number of hydrogen-bond acceptors (Lipinski definition) is 1. The van der Waals surface area contributed by atoms with Crippen molar-refractivity contribution in [3.8, 4) is 0 Å². The molecule has 104 valence electrons. The monoisotopic (exact) mass is 323 g/mol. The number of amides is 1. The number of aryl methyl sites for hydroxylation is 2. The lowest BCUT2D eigenvalue weighted by molar-refractivity contribution is -0.134. The Balaban J connectivity index is 1.87. The molecule has 0 aliphatic carbocycles. The van der Waals surface area contributed by atoms with Crippen molar-refractivity contribution < 1.29 is 4.79 Å². The minimum Gasteiger partial charge on any atom is -0.339 e. The molecule has 0 bridgehead atoms. The normalized spacial score (nSPS) is 19.5. The van der Waals surface area contributed by atoms with Gasteiger partial charge in [0.15, 0.2) is 0 Å². The molecule has 0 aromatic heterocycles. The first-order valence-electron chi connectivity index (χ1n) is 7.11. The first kappa shape index (κ1) is 14.6. The summed E-state index contributed by atoms with van der Waals surface area (Å²) in [7, 11) is 0. The third kappa shape index (κ3) is 4.07. The molecular weight excluding hydrogens is 302 g/mol. The second-order valence-corrected chi connectivity index (χ2v) is 6.02. The zero-order valence-corrected chi connectivity index (χ0v) is 13.2. The molecule has 3 heteroatoms. The van der Waals surface area contributed by atoms with Crippen LogP contribution in [0.5, 0.6) is 0 Å². The van der Waals surface area contributed by atoms with Crippen LogP contribution in [0.3, 0.4) is 0 Å². The van der Waals surface area contributed by atoms with Crippen LogP contribution < -0.4 is 0 Å². The van der Waals surface area contributed by atoms with Crippen molar-refractivity contribution in [2.24, 2.45) is 0 Å². The fourth-order valence-electron chi connectivity index (χ4n) is 2.64. The van der Waals surface area contributed by atoms with Crippen molar-refractivity contribution in [1.82, 2.24) is 4.90 Å². The highest BCUT2D eigenvalue weighted by Gasteiger charge is 2.25. The van der Waals surface area contributed by atoms with E-state index in [9.17, 15) is 4.79 Å². The van der Waals surface area contributed by atoms with E-state index in [-0.39, 0.29) is 0 Å².